The van der Waals surface area contributed by atoms with E-state index in [1.54, 1.807) is 6.07 Å². The summed E-state index contributed by atoms with van der Waals surface area (Å²) in [7, 11) is 3.06. The fraction of sp³-hybridized carbons (Fsp3) is 0.600. The second-order valence-electron chi connectivity index (χ2n) is 6.12. The summed E-state index contributed by atoms with van der Waals surface area (Å²) in [5, 5.41) is 42.9. The SMILES string of the molecule is C[N+](C)(CCCO)C(CC(=O)O)(C(=O)[O-])C(CO)Nc1ccco1. The highest BCUT2D eigenvalue weighted by Crippen LogP contribution is 2.31. The van der Waals surface area contributed by atoms with Crippen molar-refractivity contribution in [1.29, 1.82) is 0 Å². The van der Waals surface area contributed by atoms with Crippen LogP contribution in [0.1, 0.15) is 12.8 Å². The molecule has 9 heteroatoms. The summed E-state index contributed by atoms with van der Waals surface area (Å²) in [4.78, 5) is 23.4. The number of aliphatic hydroxyl groups excluding tert-OH is 2. The topological polar surface area (TPSA) is 143 Å². The summed E-state index contributed by atoms with van der Waals surface area (Å²) in [5.41, 5.74) is -1.98. The van der Waals surface area contributed by atoms with Crippen LogP contribution in [0.3, 0.4) is 0 Å². The smallest absolute Gasteiger partial charge is 0.310 e. The molecule has 2 atom stereocenters. The number of quaternary nitrogens is 1. The number of carbonyl (C=O) groups is 2. The fourth-order valence-corrected chi connectivity index (χ4v) is 2.97. The summed E-state index contributed by atoms with van der Waals surface area (Å²) < 4.78 is 4.81. The summed E-state index contributed by atoms with van der Waals surface area (Å²) in [6.45, 7) is -0.649. The van der Waals surface area contributed by atoms with Crippen molar-refractivity contribution in [3.05, 3.63) is 18.4 Å². The predicted molar refractivity (Wildman–Crippen MR) is 81.9 cm³/mol. The van der Waals surface area contributed by atoms with Crippen molar-refractivity contribution in [1.82, 2.24) is 0 Å². The Morgan fingerprint density at radius 2 is 2.08 bits per heavy atom. The van der Waals surface area contributed by atoms with E-state index in [1.165, 1.54) is 26.4 Å². The number of hydrogen-bond donors (Lipinski definition) is 4. The van der Waals surface area contributed by atoms with Gasteiger partial charge in [-0.2, -0.15) is 0 Å². The van der Waals surface area contributed by atoms with Gasteiger partial charge in [-0.3, -0.25) is 4.79 Å². The zero-order valence-corrected chi connectivity index (χ0v) is 13.8. The lowest BCUT2D eigenvalue weighted by Crippen LogP contribution is -2.76. The third-order valence-corrected chi connectivity index (χ3v) is 4.33. The van der Waals surface area contributed by atoms with Crippen molar-refractivity contribution in [2.24, 2.45) is 0 Å². The molecule has 0 amide bonds. The van der Waals surface area contributed by atoms with Crippen LogP contribution in [0, 0.1) is 0 Å². The molecule has 0 aliphatic carbocycles. The molecule has 1 aromatic heterocycles. The first kappa shape index (κ1) is 19.9. The molecule has 136 valence electrons. The molecule has 2 unspecified atom stereocenters. The van der Waals surface area contributed by atoms with Gasteiger partial charge >= 0.3 is 5.97 Å². The minimum Gasteiger partial charge on any atom is -0.544 e. The molecule has 0 bridgehead atoms. The Morgan fingerprint density at radius 1 is 1.42 bits per heavy atom. The van der Waals surface area contributed by atoms with Gasteiger partial charge in [-0.15, -0.1) is 0 Å². The number of hydrogen-bond acceptors (Lipinski definition) is 7. The van der Waals surface area contributed by atoms with E-state index in [1.807, 2.05) is 0 Å². The molecule has 9 nitrogen and oxygen atoms in total. The maximum atomic E-state index is 12.1. The lowest BCUT2D eigenvalue weighted by molar-refractivity contribution is -0.935. The van der Waals surface area contributed by atoms with E-state index in [9.17, 15) is 24.9 Å². The molecule has 0 aliphatic rings. The Bertz CT molecular complexity index is 544. The molecule has 0 aromatic carbocycles. The van der Waals surface area contributed by atoms with Gasteiger partial charge in [-0.05, 0) is 6.07 Å². The molecule has 1 aromatic rings. The first-order chi connectivity index (χ1) is 11.2. The second-order valence-corrected chi connectivity index (χ2v) is 6.12. The summed E-state index contributed by atoms with van der Waals surface area (Å²) in [5.74, 6) is -2.74. The molecule has 24 heavy (non-hydrogen) atoms. The maximum absolute atomic E-state index is 12.1. The fourth-order valence-electron chi connectivity index (χ4n) is 2.97. The van der Waals surface area contributed by atoms with Crippen LogP contribution in [0.15, 0.2) is 22.8 Å². The number of rotatable bonds is 11. The van der Waals surface area contributed by atoms with Crippen LogP contribution < -0.4 is 10.4 Å². The van der Waals surface area contributed by atoms with Gasteiger partial charge in [0.05, 0.1) is 33.5 Å². The zero-order valence-electron chi connectivity index (χ0n) is 13.8. The standard InChI is InChI=1S/C15H24N2O7/c1-17(2,6-4-7-18)15(14(22)23,9-13(20)21)11(10-19)16-12-5-3-8-24-12/h3,5,8,11,16,18-19H,4,6-7,9-10H2,1-2H3,(H-,20,21,22,23). The lowest BCUT2D eigenvalue weighted by atomic mass is 9.82. The Morgan fingerprint density at radius 3 is 2.50 bits per heavy atom. The Labute approximate surface area is 139 Å². The first-order valence-corrected chi connectivity index (χ1v) is 7.49. The molecule has 0 saturated carbocycles. The Balaban J connectivity index is 3.36. The van der Waals surface area contributed by atoms with E-state index in [2.05, 4.69) is 5.32 Å². The van der Waals surface area contributed by atoms with E-state index in [0.717, 1.165) is 0 Å². The van der Waals surface area contributed by atoms with E-state index >= 15 is 0 Å². The number of anilines is 1. The quantitative estimate of drug-likeness (QED) is 0.354. The highest BCUT2D eigenvalue weighted by molar-refractivity contribution is 5.84. The second kappa shape index (κ2) is 8.13. The van der Waals surface area contributed by atoms with Gasteiger partial charge < -0.3 is 39.4 Å². The van der Waals surface area contributed by atoms with Gasteiger partial charge in [-0.25, -0.2) is 0 Å². The molecular weight excluding hydrogens is 320 g/mol. The number of nitrogens with one attached hydrogen (secondary N) is 1. The van der Waals surface area contributed by atoms with Crippen molar-refractivity contribution in [3.63, 3.8) is 0 Å². The summed E-state index contributed by atoms with van der Waals surface area (Å²) in [6, 6.07) is 1.91. The van der Waals surface area contributed by atoms with Crippen LogP contribution in [0.4, 0.5) is 5.88 Å². The van der Waals surface area contributed by atoms with Gasteiger partial charge in [0.25, 0.3) is 0 Å². The van der Waals surface area contributed by atoms with Crippen molar-refractivity contribution in [2.45, 2.75) is 24.4 Å². The summed E-state index contributed by atoms with van der Waals surface area (Å²) >= 11 is 0. The van der Waals surface area contributed by atoms with Crippen LogP contribution in [0.5, 0.6) is 0 Å². The van der Waals surface area contributed by atoms with Crippen molar-refractivity contribution < 1.29 is 38.9 Å². The molecular formula is C15H24N2O7. The molecule has 4 N–H and O–H groups in total. The molecule has 0 aliphatic heterocycles. The average Bonchev–Trinajstić information content (AvgIpc) is 3.00. The Hall–Kier alpha value is -2.10. The van der Waals surface area contributed by atoms with Gasteiger partial charge in [0.1, 0.15) is 18.4 Å². The number of likely N-dealkylation sites (N-methyl/N-ethyl adjacent to an activating group) is 1. The molecule has 0 radical (unpaired) electrons. The minimum absolute atomic E-state index is 0.173. The van der Waals surface area contributed by atoms with E-state index in [0.29, 0.717) is 0 Å². The van der Waals surface area contributed by atoms with Crippen molar-refractivity contribution in [2.75, 3.05) is 39.2 Å². The van der Waals surface area contributed by atoms with Gasteiger partial charge in [0.2, 0.25) is 0 Å². The van der Waals surface area contributed by atoms with E-state index in [-0.39, 0.29) is 29.9 Å². The molecule has 1 rings (SSSR count). The average molecular weight is 344 g/mol. The van der Waals surface area contributed by atoms with Crippen LogP contribution in [0.2, 0.25) is 0 Å². The molecule has 0 fully saturated rings. The number of aliphatic carboxylic acids is 2. The van der Waals surface area contributed by atoms with Crippen LogP contribution in [-0.4, -0.2) is 77.2 Å². The van der Waals surface area contributed by atoms with Gasteiger partial charge in [-0.1, -0.05) is 0 Å². The largest absolute Gasteiger partial charge is 0.544 e. The minimum atomic E-state index is -1.98. The number of aliphatic hydroxyl groups is 2. The molecule has 0 saturated heterocycles. The number of carboxylic acid groups (broad SMARTS) is 2. The molecule has 1 heterocycles. The van der Waals surface area contributed by atoms with Gasteiger partial charge in [0, 0.05) is 19.1 Å². The predicted octanol–water partition coefficient (Wildman–Crippen LogP) is -1.53. The highest BCUT2D eigenvalue weighted by Gasteiger charge is 2.55. The Kier molecular flexibility index (Phi) is 6.76. The van der Waals surface area contributed by atoms with Gasteiger partial charge in [0.15, 0.2) is 11.4 Å². The number of furan rings is 1. The van der Waals surface area contributed by atoms with Crippen molar-refractivity contribution >= 4 is 17.8 Å². The van der Waals surface area contributed by atoms with Crippen LogP contribution in [0.25, 0.3) is 0 Å². The summed E-state index contributed by atoms with van der Waals surface area (Å²) in [6.07, 6.45) is 0.855. The van der Waals surface area contributed by atoms with E-state index < -0.39 is 36.5 Å². The maximum Gasteiger partial charge on any atom is 0.310 e. The number of nitrogens with zero attached hydrogens (tertiary/aromatic N) is 1. The molecule has 0 spiro atoms. The van der Waals surface area contributed by atoms with Crippen LogP contribution in [-0.2, 0) is 9.59 Å². The number of carbonyl (C=O) groups excluding carboxylic acids is 1. The zero-order chi connectivity index (χ0) is 18.4. The monoisotopic (exact) mass is 344 g/mol. The first-order valence-electron chi connectivity index (χ1n) is 7.49. The van der Waals surface area contributed by atoms with Crippen LogP contribution >= 0.6 is 0 Å². The third kappa shape index (κ3) is 4.05. The lowest BCUT2D eigenvalue weighted by Gasteiger charge is -2.52. The van der Waals surface area contributed by atoms with E-state index in [4.69, 9.17) is 9.52 Å². The number of carboxylic acids is 2. The highest BCUT2D eigenvalue weighted by atomic mass is 16.4. The third-order valence-electron chi connectivity index (χ3n) is 4.33. The normalized spacial score (nSPS) is 15.5. The van der Waals surface area contributed by atoms with Crippen molar-refractivity contribution in [3.8, 4) is 0 Å².